The number of ether oxygens (including phenoxy) is 1. The second-order valence-corrected chi connectivity index (χ2v) is 7.54. The predicted octanol–water partition coefficient (Wildman–Crippen LogP) is 3.71. The molecule has 0 unspecified atom stereocenters. The molecule has 1 aromatic carbocycles. The maximum Gasteiger partial charge on any atom is 0.232 e. The molecule has 0 aliphatic heterocycles. The van der Waals surface area contributed by atoms with E-state index in [0.717, 1.165) is 0 Å². The van der Waals surface area contributed by atoms with E-state index in [1.165, 1.54) is 6.07 Å². The van der Waals surface area contributed by atoms with Crippen LogP contribution in [0.25, 0.3) is 0 Å². The zero-order valence-electron chi connectivity index (χ0n) is 9.53. The molecular weight excluding hydrogens is 347 g/mol. The van der Waals surface area contributed by atoms with Crippen molar-refractivity contribution in [1.29, 1.82) is 0 Å². The molecule has 0 fully saturated rings. The Balaban J connectivity index is 2.22. The van der Waals surface area contributed by atoms with Gasteiger partial charge < -0.3 is 4.74 Å². The van der Waals surface area contributed by atoms with Gasteiger partial charge in [-0.1, -0.05) is 15.9 Å². The van der Waals surface area contributed by atoms with Crippen LogP contribution in [0.15, 0.2) is 22.7 Å². The predicted molar refractivity (Wildman–Crippen MR) is 73.1 cm³/mol. The molecule has 0 aliphatic carbocycles. The average molecular weight is 360 g/mol. The largest absolute Gasteiger partial charge is 0.491 e. The molecule has 0 N–H and O–H groups in total. The van der Waals surface area contributed by atoms with Gasteiger partial charge in [0.15, 0.2) is 11.6 Å². The summed E-state index contributed by atoms with van der Waals surface area (Å²) in [5.41, 5.74) is 0. The molecule has 0 amide bonds. The molecule has 0 aromatic heterocycles. The fourth-order valence-electron chi connectivity index (χ4n) is 1.33. The molecule has 1 rings (SSSR count). The zero-order chi connectivity index (χ0) is 13.6. The van der Waals surface area contributed by atoms with E-state index in [-0.39, 0.29) is 11.5 Å². The third kappa shape index (κ3) is 6.56. The van der Waals surface area contributed by atoms with Gasteiger partial charge in [-0.2, -0.15) is 0 Å². The van der Waals surface area contributed by atoms with Crippen molar-refractivity contribution in [3.05, 3.63) is 28.5 Å². The first-order valence-corrected chi connectivity index (χ1v) is 8.66. The highest BCUT2D eigenvalue weighted by Crippen LogP contribution is 2.21. The Kier molecular flexibility index (Phi) is 6.38. The van der Waals surface area contributed by atoms with Crippen LogP contribution in [-0.2, 0) is 9.05 Å². The summed E-state index contributed by atoms with van der Waals surface area (Å²) in [7, 11) is 1.66. The van der Waals surface area contributed by atoms with Crippen LogP contribution in [0.3, 0.4) is 0 Å². The van der Waals surface area contributed by atoms with E-state index in [4.69, 9.17) is 15.4 Å². The molecule has 18 heavy (non-hydrogen) atoms. The minimum absolute atomic E-state index is 0.0405. The second-order valence-electron chi connectivity index (χ2n) is 3.73. The topological polar surface area (TPSA) is 43.4 Å². The smallest absolute Gasteiger partial charge is 0.232 e. The van der Waals surface area contributed by atoms with Crippen molar-refractivity contribution < 1.29 is 17.5 Å². The van der Waals surface area contributed by atoms with Gasteiger partial charge in [-0.3, -0.25) is 0 Å². The summed E-state index contributed by atoms with van der Waals surface area (Å²) >= 11 is 3.15. The van der Waals surface area contributed by atoms with Crippen molar-refractivity contribution in [3.63, 3.8) is 0 Å². The zero-order valence-corrected chi connectivity index (χ0v) is 12.7. The highest BCUT2D eigenvalue weighted by Gasteiger charge is 2.05. The molecule has 3 nitrogen and oxygen atoms in total. The van der Waals surface area contributed by atoms with Gasteiger partial charge in [0.05, 0.1) is 12.4 Å². The Hall–Kier alpha value is -0.330. The van der Waals surface area contributed by atoms with Crippen molar-refractivity contribution in [2.24, 2.45) is 0 Å². The minimum Gasteiger partial charge on any atom is -0.491 e. The number of unbranched alkanes of at least 4 members (excludes halogenated alkanes) is 2. The molecule has 0 aliphatic rings. The Morgan fingerprint density at radius 3 is 2.61 bits per heavy atom. The van der Waals surface area contributed by atoms with Crippen LogP contribution in [-0.4, -0.2) is 20.8 Å². The Bertz CT molecular complexity index is 493. The van der Waals surface area contributed by atoms with E-state index in [9.17, 15) is 12.8 Å². The highest BCUT2D eigenvalue weighted by molar-refractivity contribution is 9.10. The summed E-state index contributed by atoms with van der Waals surface area (Å²) in [5, 5.41) is 0. The number of benzene rings is 1. The van der Waals surface area contributed by atoms with Crippen molar-refractivity contribution in [2.45, 2.75) is 19.3 Å². The number of hydrogen-bond donors (Lipinski definition) is 0. The van der Waals surface area contributed by atoms with Gasteiger partial charge in [-0.25, -0.2) is 12.8 Å². The van der Waals surface area contributed by atoms with E-state index in [1.807, 2.05) is 0 Å². The van der Waals surface area contributed by atoms with Gasteiger partial charge in [0.1, 0.15) is 0 Å². The SMILES string of the molecule is O=S(=O)(Cl)CCCCCOc1ccc(Br)cc1F. The summed E-state index contributed by atoms with van der Waals surface area (Å²) in [6.07, 6.45) is 1.81. The van der Waals surface area contributed by atoms with Gasteiger partial charge >= 0.3 is 0 Å². The van der Waals surface area contributed by atoms with Gasteiger partial charge in [0, 0.05) is 15.2 Å². The average Bonchev–Trinajstić information content (AvgIpc) is 2.24. The van der Waals surface area contributed by atoms with E-state index in [1.54, 1.807) is 12.1 Å². The Labute approximate surface area is 119 Å². The van der Waals surface area contributed by atoms with Crippen molar-refractivity contribution >= 4 is 35.7 Å². The van der Waals surface area contributed by atoms with Crippen LogP contribution >= 0.6 is 26.6 Å². The number of hydrogen-bond acceptors (Lipinski definition) is 3. The van der Waals surface area contributed by atoms with Gasteiger partial charge in [0.25, 0.3) is 0 Å². The highest BCUT2D eigenvalue weighted by atomic mass is 79.9. The van der Waals surface area contributed by atoms with Crippen LogP contribution in [0.4, 0.5) is 4.39 Å². The third-order valence-corrected chi connectivity index (χ3v) is 3.92. The van der Waals surface area contributed by atoms with Crippen LogP contribution in [0.5, 0.6) is 5.75 Å². The lowest BCUT2D eigenvalue weighted by molar-refractivity contribution is 0.291. The van der Waals surface area contributed by atoms with E-state index < -0.39 is 14.9 Å². The van der Waals surface area contributed by atoms with E-state index in [0.29, 0.717) is 30.3 Å². The first-order valence-electron chi connectivity index (χ1n) is 5.39. The standard InChI is InChI=1S/C11H13BrClFO3S/c12-9-4-5-11(10(14)8-9)17-6-2-1-3-7-18(13,15)16/h4-5,8H,1-3,6-7H2. The lowest BCUT2D eigenvalue weighted by Gasteiger charge is -2.07. The molecule has 0 bridgehead atoms. The minimum atomic E-state index is -3.41. The maximum absolute atomic E-state index is 13.3. The third-order valence-electron chi connectivity index (χ3n) is 2.18. The Morgan fingerprint density at radius 2 is 2.00 bits per heavy atom. The van der Waals surface area contributed by atoms with Gasteiger partial charge in [-0.15, -0.1) is 0 Å². The van der Waals surface area contributed by atoms with Gasteiger partial charge in [-0.05, 0) is 37.5 Å². The van der Waals surface area contributed by atoms with E-state index >= 15 is 0 Å². The lowest BCUT2D eigenvalue weighted by Crippen LogP contribution is -2.01. The first-order chi connectivity index (χ1) is 8.38. The molecule has 0 atom stereocenters. The fraction of sp³-hybridized carbons (Fsp3) is 0.455. The first kappa shape index (κ1) is 15.7. The lowest BCUT2D eigenvalue weighted by atomic mass is 10.2. The fourth-order valence-corrected chi connectivity index (χ4v) is 2.54. The molecule has 0 saturated carbocycles. The second kappa shape index (κ2) is 7.31. The van der Waals surface area contributed by atoms with Crippen molar-refractivity contribution in [3.8, 4) is 5.75 Å². The van der Waals surface area contributed by atoms with Crippen LogP contribution in [0, 0.1) is 5.82 Å². The van der Waals surface area contributed by atoms with Crippen molar-refractivity contribution in [2.75, 3.05) is 12.4 Å². The quantitative estimate of drug-likeness (QED) is 0.550. The monoisotopic (exact) mass is 358 g/mol. The summed E-state index contributed by atoms with van der Waals surface area (Å²) in [6, 6.07) is 4.57. The molecule has 0 heterocycles. The summed E-state index contributed by atoms with van der Waals surface area (Å²) in [5.74, 6) is -0.267. The maximum atomic E-state index is 13.3. The van der Waals surface area contributed by atoms with E-state index in [2.05, 4.69) is 15.9 Å². The molecule has 102 valence electrons. The Morgan fingerprint density at radius 1 is 1.28 bits per heavy atom. The normalized spacial score (nSPS) is 11.5. The number of rotatable bonds is 7. The molecular formula is C11H13BrClFO3S. The molecule has 1 aromatic rings. The van der Waals surface area contributed by atoms with Gasteiger partial charge in [0.2, 0.25) is 9.05 Å². The molecule has 0 radical (unpaired) electrons. The summed E-state index contributed by atoms with van der Waals surface area (Å²) in [6.45, 7) is 0.348. The molecule has 7 heteroatoms. The summed E-state index contributed by atoms with van der Waals surface area (Å²) < 4.78 is 40.5. The number of halogens is 3. The van der Waals surface area contributed by atoms with Crippen molar-refractivity contribution in [1.82, 2.24) is 0 Å². The van der Waals surface area contributed by atoms with Crippen LogP contribution < -0.4 is 4.74 Å². The molecule has 0 saturated heterocycles. The summed E-state index contributed by atoms with van der Waals surface area (Å²) in [4.78, 5) is 0. The van der Waals surface area contributed by atoms with Crippen LogP contribution in [0.2, 0.25) is 0 Å². The molecule has 0 spiro atoms. The van der Waals surface area contributed by atoms with Crippen LogP contribution in [0.1, 0.15) is 19.3 Å².